The summed E-state index contributed by atoms with van der Waals surface area (Å²) in [6.45, 7) is 4.82. The third kappa shape index (κ3) is 5.61. The fourth-order valence-electron chi connectivity index (χ4n) is 2.66. The van der Waals surface area contributed by atoms with Gasteiger partial charge in [0.2, 0.25) is 5.91 Å². The second-order valence-electron chi connectivity index (χ2n) is 5.53. The first-order valence-electron chi connectivity index (χ1n) is 7.57. The van der Waals surface area contributed by atoms with Gasteiger partial charge in [-0.2, -0.15) is 0 Å². The molecule has 0 aromatic heterocycles. The molecule has 0 radical (unpaired) electrons. The topological polar surface area (TPSA) is 68.0 Å². The van der Waals surface area contributed by atoms with Crippen LogP contribution in [-0.2, 0) is 4.79 Å². The Bertz CT molecular complexity index is 507. The largest absolute Gasteiger partial charge is 0.497 e. The van der Waals surface area contributed by atoms with Crippen molar-refractivity contribution in [1.82, 2.24) is 4.90 Å². The van der Waals surface area contributed by atoms with Crippen molar-refractivity contribution in [2.45, 2.75) is 19.4 Å². The molecule has 1 heterocycles. The fourth-order valence-corrected chi connectivity index (χ4v) is 2.66. The molecule has 1 aliphatic heterocycles. The summed E-state index contributed by atoms with van der Waals surface area (Å²) in [7, 11) is 3.29. The van der Waals surface area contributed by atoms with Crippen molar-refractivity contribution in [1.29, 1.82) is 0 Å². The lowest BCUT2D eigenvalue weighted by atomic mass is 10.2. The minimum atomic E-state index is -0.441. The number of nitrogens with zero attached hydrogens (tertiary/aromatic N) is 2. The quantitative estimate of drug-likeness (QED) is 0.865. The summed E-state index contributed by atoms with van der Waals surface area (Å²) in [5.41, 5.74) is 6.75. The Hall–Kier alpha value is -1.37. The summed E-state index contributed by atoms with van der Waals surface area (Å²) >= 11 is 0. The van der Waals surface area contributed by atoms with Crippen molar-refractivity contribution in [3.05, 3.63) is 18.2 Å². The van der Waals surface area contributed by atoms with Gasteiger partial charge in [-0.1, -0.05) is 0 Å². The minimum absolute atomic E-state index is 0. The number of amides is 1. The highest BCUT2D eigenvalue weighted by molar-refractivity contribution is 5.85. The van der Waals surface area contributed by atoms with Crippen molar-refractivity contribution >= 4 is 36.4 Å². The number of carbonyl (C=O) groups excluding carboxylic acids is 1. The van der Waals surface area contributed by atoms with Crippen LogP contribution in [0.3, 0.4) is 0 Å². The Labute approximate surface area is 156 Å². The maximum atomic E-state index is 12.0. The normalized spacial score (nSPS) is 15.5. The molecule has 1 aromatic rings. The van der Waals surface area contributed by atoms with Gasteiger partial charge in [0.25, 0.3) is 0 Å². The summed E-state index contributed by atoms with van der Waals surface area (Å²) in [6, 6.07) is 5.40. The molecule has 2 N–H and O–H groups in total. The van der Waals surface area contributed by atoms with E-state index in [-0.39, 0.29) is 30.7 Å². The summed E-state index contributed by atoms with van der Waals surface area (Å²) in [6.07, 6.45) is 0.915. The highest BCUT2D eigenvalue weighted by atomic mass is 35.5. The molecule has 24 heavy (non-hydrogen) atoms. The van der Waals surface area contributed by atoms with E-state index in [1.807, 2.05) is 23.1 Å². The number of benzene rings is 1. The van der Waals surface area contributed by atoms with E-state index in [0.717, 1.165) is 43.2 Å². The van der Waals surface area contributed by atoms with Gasteiger partial charge in [0.15, 0.2) is 0 Å². The Kier molecular flexibility index (Phi) is 9.89. The van der Waals surface area contributed by atoms with E-state index in [1.54, 1.807) is 21.1 Å². The lowest BCUT2D eigenvalue weighted by Crippen LogP contribution is -2.43. The second-order valence-corrected chi connectivity index (χ2v) is 5.53. The molecule has 1 amide bonds. The third-order valence-corrected chi connectivity index (χ3v) is 3.90. The number of carbonyl (C=O) groups is 1. The van der Waals surface area contributed by atoms with Gasteiger partial charge < -0.3 is 25.0 Å². The van der Waals surface area contributed by atoms with E-state index in [4.69, 9.17) is 15.2 Å². The molecule has 138 valence electrons. The standard InChI is InChI=1S/C16H25N3O3.2ClH/c1-12(17)16(20)19-6-4-5-18(7-8-19)13-9-14(21-2)11-15(10-13)22-3;;/h9-12H,4-8,17H2,1-3H3;2*1H/t12-;;/m1../s1. The third-order valence-electron chi connectivity index (χ3n) is 3.90. The van der Waals surface area contributed by atoms with E-state index >= 15 is 0 Å². The number of rotatable bonds is 4. The lowest BCUT2D eigenvalue weighted by Gasteiger charge is -2.25. The van der Waals surface area contributed by atoms with E-state index in [9.17, 15) is 4.79 Å². The van der Waals surface area contributed by atoms with Crippen LogP contribution in [0.25, 0.3) is 0 Å². The summed E-state index contributed by atoms with van der Waals surface area (Å²) in [4.78, 5) is 16.1. The first-order chi connectivity index (χ1) is 10.5. The van der Waals surface area contributed by atoms with Gasteiger partial charge in [-0.15, -0.1) is 24.8 Å². The maximum Gasteiger partial charge on any atom is 0.239 e. The molecule has 8 heteroatoms. The predicted octanol–water partition coefficient (Wildman–Crippen LogP) is 1.93. The lowest BCUT2D eigenvalue weighted by molar-refractivity contribution is -0.131. The highest BCUT2D eigenvalue weighted by Crippen LogP contribution is 2.29. The molecule has 0 spiro atoms. The van der Waals surface area contributed by atoms with Crippen LogP contribution in [0.2, 0.25) is 0 Å². The van der Waals surface area contributed by atoms with Crippen LogP contribution in [0, 0.1) is 0 Å². The minimum Gasteiger partial charge on any atom is -0.497 e. The van der Waals surface area contributed by atoms with Crippen molar-refractivity contribution in [2.24, 2.45) is 5.73 Å². The summed E-state index contributed by atoms with van der Waals surface area (Å²) in [5.74, 6) is 1.55. The Morgan fingerprint density at radius 1 is 1.04 bits per heavy atom. The smallest absolute Gasteiger partial charge is 0.239 e. The Balaban J connectivity index is 0.00000264. The molecule has 1 saturated heterocycles. The fraction of sp³-hybridized carbons (Fsp3) is 0.562. The van der Waals surface area contributed by atoms with Crippen molar-refractivity contribution in [3.8, 4) is 11.5 Å². The molecular weight excluding hydrogens is 353 g/mol. The zero-order valence-electron chi connectivity index (χ0n) is 14.4. The van der Waals surface area contributed by atoms with Crippen molar-refractivity contribution < 1.29 is 14.3 Å². The van der Waals surface area contributed by atoms with Gasteiger partial charge in [0.05, 0.1) is 20.3 Å². The number of methoxy groups -OCH3 is 2. The molecule has 1 aromatic carbocycles. The van der Waals surface area contributed by atoms with Crippen LogP contribution in [-0.4, -0.2) is 57.2 Å². The first-order valence-corrected chi connectivity index (χ1v) is 7.57. The molecule has 1 fully saturated rings. The average Bonchev–Trinajstić information content (AvgIpc) is 2.79. The number of anilines is 1. The van der Waals surface area contributed by atoms with Crippen LogP contribution in [0.15, 0.2) is 18.2 Å². The zero-order valence-corrected chi connectivity index (χ0v) is 16.0. The van der Waals surface area contributed by atoms with E-state index in [1.165, 1.54) is 0 Å². The van der Waals surface area contributed by atoms with E-state index in [0.29, 0.717) is 6.54 Å². The van der Waals surface area contributed by atoms with Crippen molar-refractivity contribution in [3.63, 3.8) is 0 Å². The van der Waals surface area contributed by atoms with Gasteiger partial charge in [-0.3, -0.25) is 4.79 Å². The average molecular weight is 380 g/mol. The monoisotopic (exact) mass is 379 g/mol. The van der Waals surface area contributed by atoms with Gasteiger partial charge in [0, 0.05) is 50.1 Å². The van der Waals surface area contributed by atoms with Gasteiger partial charge in [0.1, 0.15) is 11.5 Å². The second kappa shape index (κ2) is 10.5. The summed E-state index contributed by atoms with van der Waals surface area (Å²) < 4.78 is 10.6. The predicted molar refractivity (Wildman–Crippen MR) is 101 cm³/mol. The molecular formula is C16H27Cl2N3O3. The van der Waals surface area contributed by atoms with Crippen LogP contribution in [0.4, 0.5) is 5.69 Å². The van der Waals surface area contributed by atoms with Crippen molar-refractivity contribution in [2.75, 3.05) is 45.3 Å². The first kappa shape index (κ1) is 22.6. The Morgan fingerprint density at radius 2 is 1.62 bits per heavy atom. The number of nitrogens with two attached hydrogens (primary N) is 1. The molecule has 2 rings (SSSR count). The van der Waals surface area contributed by atoms with Crippen LogP contribution in [0.1, 0.15) is 13.3 Å². The van der Waals surface area contributed by atoms with Gasteiger partial charge in [-0.25, -0.2) is 0 Å². The SMILES string of the molecule is COc1cc(OC)cc(N2CCCN(C(=O)[C@@H](C)N)CC2)c1.Cl.Cl. The zero-order chi connectivity index (χ0) is 16.1. The molecule has 0 aliphatic carbocycles. The van der Waals surface area contributed by atoms with Gasteiger partial charge >= 0.3 is 0 Å². The molecule has 0 unspecified atom stereocenters. The van der Waals surface area contributed by atoms with E-state index in [2.05, 4.69) is 4.90 Å². The van der Waals surface area contributed by atoms with Crippen LogP contribution >= 0.6 is 24.8 Å². The molecule has 0 bridgehead atoms. The number of halogens is 2. The van der Waals surface area contributed by atoms with Crippen LogP contribution < -0.4 is 20.1 Å². The molecule has 1 atom stereocenters. The van der Waals surface area contributed by atoms with Crippen LogP contribution in [0.5, 0.6) is 11.5 Å². The Morgan fingerprint density at radius 3 is 2.12 bits per heavy atom. The summed E-state index contributed by atoms with van der Waals surface area (Å²) in [5, 5.41) is 0. The number of ether oxygens (including phenoxy) is 2. The van der Waals surface area contributed by atoms with Gasteiger partial charge in [-0.05, 0) is 13.3 Å². The number of hydrogen-bond acceptors (Lipinski definition) is 5. The molecule has 6 nitrogen and oxygen atoms in total. The molecule has 1 aliphatic rings. The highest BCUT2D eigenvalue weighted by Gasteiger charge is 2.21. The molecule has 0 saturated carbocycles. The number of hydrogen-bond donors (Lipinski definition) is 1. The van der Waals surface area contributed by atoms with E-state index < -0.39 is 6.04 Å². The maximum absolute atomic E-state index is 12.0.